The first-order valence-corrected chi connectivity index (χ1v) is 12.1. The van der Waals surface area contributed by atoms with Gasteiger partial charge < -0.3 is 24.4 Å². The van der Waals surface area contributed by atoms with E-state index >= 15 is 0 Å². The zero-order valence-corrected chi connectivity index (χ0v) is 19.9. The Morgan fingerprint density at radius 1 is 1.15 bits per heavy atom. The van der Waals surface area contributed by atoms with Crippen LogP contribution >= 0.6 is 11.3 Å². The zero-order chi connectivity index (χ0) is 23.1. The Morgan fingerprint density at radius 2 is 1.97 bits per heavy atom. The number of carbonyl (C=O) groups is 2. The van der Waals surface area contributed by atoms with Gasteiger partial charge in [0.15, 0.2) is 0 Å². The van der Waals surface area contributed by atoms with E-state index in [-0.39, 0.29) is 18.7 Å². The number of hydrogen-bond donors (Lipinski definition) is 1. The molecule has 0 fully saturated rings. The van der Waals surface area contributed by atoms with Crippen LogP contribution in [-0.4, -0.2) is 46.6 Å². The van der Waals surface area contributed by atoms with E-state index in [0.29, 0.717) is 17.8 Å². The third-order valence-electron chi connectivity index (χ3n) is 6.48. The first kappa shape index (κ1) is 21.7. The SMILES string of the molecule is CCOC(=O)c1ccccc1NC(=O)N1Cc2c(sc3c2CCN(C)C3)-n2cccc2[C@H]1C. The average Bonchev–Trinajstić information content (AvgIpc) is 3.39. The lowest BCUT2D eigenvalue weighted by Crippen LogP contribution is -2.37. The van der Waals surface area contributed by atoms with Crippen molar-refractivity contribution in [3.05, 3.63) is 69.9 Å². The number of nitrogens with one attached hydrogen (secondary N) is 1. The Balaban J connectivity index is 1.50. The van der Waals surface area contributed by atoms with Gasteiger partial charge in [0.05, 0.1) is 30.4 Å². The fourth-order valence-corrected chi connectivity index (χ4v) is 6.18. The van der Waals surface area contributed by atoms with Gasteiger partial charge in [-0.3, -0.25) is 0 Å². The summed E-state index contributed by atoms with van der Waals surface area (Å²) in [5.74, 6) is -0.440. The van der Waals surface area contributed by atoms with Crippen LogP contribution in [0, 0.1) is 0 Å². The Hall–Kier alpha value is -3.10. The number of carbonyl (C=O) groups excluding carboxylic acids is 2. The van der Waals surface area contributed by atoms with Crippen molar-refractivity contribution in [1.29, 1.82) is 0 Å². The molecular weight excluding hydrogens is 436 g/mol. The second-order valence-electron chi connectivity index (χ2n) is 8.58. The van der Waals surface area contributed by atoms with E-state index in [9.17, 15) is 9.59 Å². The molecule has 0 unspecified atom stereocenters. The summed E-state index contributed by atoms with van der Waals surface area (Å²) in [6.07, 6.45) is 3.08. The molecule has 7 nitrogen and oxygen atoms in total. The number of hydrogen-bond acceptors (Lipinski definition) is 5. The topological polar surface area (TPSA) is 66.8 Å². The Morgan fingerprint density at radius 3 is 2.79 bits per heavy atom. The van der Waals surface area contributed by atoms with Crippen LogP contribution in [0.2, 0.25) is 0 Å². The molecule has 3 aromatic rings. The zero-order valence-electron chi connectivity index (χ0n) is 19.1. The van der Waals surface area contributed by atoms with Crippen molar-refractivity contribution in [3.8, 4) is 5.00 Å². The molecule has 8 heteroatoms. The van der Waals surface area contributed by atoms with Crippen molar-refractivity contribution in [2.75, 3.05) is 25.5 Å². The van der Waals surface area contributed by atoms with E-state index in [1.165, 1.54) is 21.0 Å². The summed E-state index contributed by atoms with van der Waals surface area (Å²) in [6.45, 7) is 6.59. The first-order valence-electron chi connectivity index (χ1n) is 11.3. The monoisotopic (exact) mass is 464 g/mol. The fourth-order valence-electron chi connectivity index (χ4n) is 4.74. The normalized spacial score (nSPS) is 17.5. The highest BCUT2D eigenvalue weighted by molar-refractivity contribution is 7.15. The maximum Gasteiger partial charge on any atom is 0.340 e. The predicted octanol–water partition coefficient (Wildman–Crippen LogP) is 4.81. The van der Waals surface area contributed by atoms with Crippen molar-refractivity contribution >= 4 is 29.0 Å². The van der Waals surface area contributed by atoms with Gasteiger partial charge in [-0.2, -0.15) is 0 Å². The third kappa shape index (κ3) is 3.83. The number of para-hydroxylation sites is 1. The minimum atomic E-state index is -0.440. The molecule has 1 N–H and O–H groups in total. The van der Waals surface area contributed by atoms with Crippen molar-refractivity contribution in [1.82, 2.24) is 14.4 Å². The number of rotatable bonds is 3. The molecule has 4 heterocycles. The van der Waals surface area contributed by atoms with E-state index in [1.54, 1.807) is 31.2 Å². The number of nitrogens with zero attached hydrogens (tertiary/aromatic N) is 3. The van der Waals surface area contributed by atoms with Gasteiger partial charge in [-0.1, -0.05) is 12.1 Å². The summed E-state index contributed by atoms with van der Waals surface area (Å²) in [4.78, 5) is 31.6. The molecule has 0 saturated heterocycles. The van der Waals surface area contributed by atoms with Crippen LogP contribution in [0.15, 0.2) is 42.6 Å². The van der Waals surface area contributed by atoms with Gasteiger partial charge >= 0.3 is 12.0 Å². The highest BCUT2D eigenvalue weighted by atomic mass is 32.1. The molecule has 0 aliphatic carbocycles. The van der Waals surface area contributed by atoms with Crippen LogP contribution in [0.25, 0.3) is 5.00 Å². The van der Waals surface area contributed by atoms with Gasteiger partial charge in [-0.15, -0.1) is 11.3 Å². The number of anilines is 1. The Labute approximate surface area is 197 Å². The van der Waals surface area contributed by atoms with Crippen molar-refractivity contribution in [2.45, 2.75) is 39.4 Å². The fraction of sp³-hybridized carbons (Fsp3) is 0.360. The first-order chi connectivity index (χ1) is 16.0. The lowest BCUT2D eigenvalue weighted by atomic mass is 10.0. The molecule has 0 bridgehead atoms. The van der Waals surface area contributed by atoms with Crippen molar-refractivity contribution in [3.63, 3.8) is 0 Å². The number of benzene rings is 1. The summed E-state index contributed by atoms with van der Waals surface area (Å²) in [5, 5.41) is 4.20. The van der Waals surface area contributed by atoms with Crippen LogP contribution < -0.4 is 5.32 Å². The highest BCUT2D eigenvalue weighted by Gasteiger charge is 2.33. The van der Waals surface area contributed by atoms with E-state index in [2.05, 4.69) is 41.0 Å². The maximum absolute atomic E-state index is 13.6. The molecule has 0 radical (unpaired) electrons. The molecule has 1 aromatic carbocycles. The Bertz CT molecular complexity index is 1210. The molecule has 0 spiro atoms. The summed E-state index contributed by atoms with van der Waals surface area (Å²) in [7, 11) is 2.15. The van der Waals surface area contributed by atoms with Crippen LogP contribution in [0.3, 0.4) is 0 Å². The second-order valence-corrected chi connectivity index (χ2v) is 9.66. The van der Waals surface area contributed by atoms with Gasteiger partial charge in [0.25, 0.3) is 0 Å². The molecule has 172 valence electrons. The second kappa shape index (κ2) is 8.68. The number of esters is 1. The lowest BCUT2D eigenvalue weighted by Gasteiger charge is -2.29. The number of likely N-dealkylation sites (N-methyl/N-ethyl adjacent to an activating group) is 1. The van der Waals surface area contributed by atoms with Gasteiger partial charge in [-0.25, -0.2) is 9.59 Å². The number of aromatic nitrogens is 1. The van der Waals surface area contributed by atoms with E-state index in [4.69, 9.17) is 4.74 Å². The molecule has 2 aromatic heterocycles. The summed E-state index contributed by atoms with van der Waals surface area (Å²) in [5.41, 5.74) is 4.51. The minimum absolute atomic E-state index is 0.128. The number of thiophene rings is 1. The smallest absolute Gasteiger partial charge is 0.340 e. The van der Waals surface area contributed by atoms with Crippen LogP contribution in [0.4, 0.5) is 10.5 Å². The molecule has 2 aliphatic rings. The number of amides is 2. The largest absolute Gasteiger partial charge is 0.462 e. The molecule has 1 atom stereocenters. The third-order valence-corrected chi connectivity index (χ3v) is 7.74. The van der Waals surface area contributed by atoms with Crippen LogP contribution in [0.5, 0.6) is 0 Å². The van der Waals surface area contributed by atoms with Crippen molar-refractivity contribution in [2.24, 2.45) is 0 Å². The van der Waals surface area contributed by atoms with Crippen LogP contribution in [0.1, 0.15) is 51.9 Å². The highest BCUT2D eigenvalue weighted by Crippen LogP contribution is 2.41. The number of urea groups is 1. The molecule has 0 saturated carbocycles. The van der Waals surface area contributed by atoms with Crippen LogP contribution in [-0.2, 0) is 24.2 Å². The van der Waals surface area contributed by atoms with Gasteiger partial charge in [0.1, 0.15) is 5.00 Å². The summed E-state index contributed by atoms with van der Waals surface area (Å²) in [6, 6.07) is 10.8. The Kier molecular flexibility index (Phi) is 5.72. The molecule has 2 aliphatic heterocycles. The van der Waals surface area contributed by atoms with E-state index < -0.39 is 5.97 Å². The molecular formula is C25H28N4O3S. The number of fused-ring (bicyclic) bond motifs is 5. The van der Waals surface area contributed by atoms with Gasteiger partial charge in [0, 0.05) is 35.4 Å². The maximum atomic E-state index is 13.6. The minimum Gasteiger partial charge on any atom is -0.462 e. The average molecular weight is 465 g/mol. The molecule has 2 amide bonds. The van der Waals surface area contributed by atoms with Gasteiger partial charge in [0.2, 0.25) is 0 Å². The standard InChI is InChI=1S/C25H28N4O3S/c1-4-32-24(30)18-8-5-6-9-20(18)26-25(31)29-14-19-17-11-13-27(3)15-22(17)33-23(19)28-12-7-10-21(28)16(29)2/h5-10,12,16H,4,11,13-15H2,1-3H3,(H,26,31)/t16-/m1/s1. The number of ether oxygens (including phenoxy) is 1. The van der Waals surface area contributed by atoms with E-state index in [0.717, 1.165) is 25.2 Å². The quantitative estimate of drug-likeness (QED) is 0.565. The predicted molar refractivity (Wildman–Crippen MR) is 129 cm³/mol. The lowest BCUT2D eigenvalue weighted by molar-refractivity contribution is 0.0527. The summed E-state index contributed by atoms with van der Waals surface area (Å²) < 4.78 is 7.41. The van der Waals surface area contributed by atoms with Crippen molar-refractivity contribution < 1.29 is 14.3 Å². The van der Waals surface area contributed by atoms with Gasteiger partial charge in [-0.05, 0) is 57.1 Å². The molecule has 33 heavy (non-hydrogen) atoms. The van der Waals surface area contributed by atoms with E-state index in [1.807, 2.05) is 22.3 Å². The summed E-state index contributed by atoms with van der Waals surface area (Å²) >= 11 is 1.84. The molecule has 5 rings (SSSR count).